The van der Waals surface area contributed by atoms with Crippen LogP contribution in [-0.4, -0.2) is 121 Å². The highest BCUT2D eigenvalue weighted by Gasteiger charge is 2.53. The molecule has 4 rings (SSSR count). The van der Waals surface area contributed by atoms with Crippen molar-refractivity contribution < 1.29 is 57.9 Å². The lowest BCUT2D eigenvalue weighted by atomic mass is 9.79. The van der Waals surface area contributed by atoms with Gasteiger partial charge in [-0.1, -0.05) is 83.9 Å². The molecule has 1 aliphatic carbocycles. The van der Waals surface area contributed by atoms with E-state index < -0.39 is 77.8 Å². The third-order valence-corrected chi connectivity index (χ3v) is 14.4. The highest BCUT2D eigenvalue weighted by molar-refractivity contribution is 6.39. The lowest BCUT2D eigenvalue weighted by molar-refractivity contribution is -0.265. The van der Waals surface area contributed by atoms with Crippen LogP contribution < -0.4 is 0 Å². The molecule has 14 atom stereocenters. The van der Waals surface area contributed by atoms with E-state index >= 15 is 0 Å². The van der Waals surface area contributed by atoms with E-state index in [9.17, 15) is 34.2 Å². The molecular weight excluding hydrogens is 819 g/mol. The Hall–Kier alpha value is -3.33. The fourth-order valence-corrected chi connectivity index (χ4v) is 10.1. The zero-order valence-corrected chi connectivity index (χ0v) is 40.3. The van der Waals surface area contributed by atoms with Crippen LogP contribution in [0.3, 0.4) is 0 Å². The molecule has 2 N–H and O–H groups in total. The van der Waals surface area contributed by atoms with Crippen LogP contribution in [0, 0.1) is 35.5 Å². The van der Waals surface area contributed by atoms with Crippen molar-refractivity contribution in [3.63, 3.8) is 0 Å². The van der Waals surface area contributed by atoms with Crippen LogP contribution in [0.5, 0.6) is 0 Å². The number of methoxy groups -OCH3 is 3. The molecule has 0 radical (unpaired) electrons. The molecule has 13 heteroatoms. The Kier molecular flexibility index (Phi) is 20.8. The van der Waals surface area contributed by atoms with Crippen molar-refractivity contribution in [2.75, 3.05) is 27.9 Å². The summed E-state index contributed by atoms with van der Waals surface area (Å²) in [5.74, 6) is -7.45. The first-order chi connectivity index (χ1) is 30.3. The van der Waals surface area contributed by atoms with Crippen LogP contribution >= 0.6 is 0 Å². The molecular formula is C51H79NO12. The fourth-order valence-electron chi connectivity index (χ4n) is 10.1. The Morgan fingerprint density at radius 2 is 1.58 bits per heavy atom. The van der Waals surface area contributed by atoms with Gasteiger partial charge in [0.05, 0.1) is 18.3 Å². The Labute approximate surface area is 382 Å². The van der Waals surface area contributed by atoms with Gasteiger partial charge in [0.1, 0.15) is 30.1 Å². The predicted molar refractivity (Wildman–Crippen MR) is 244 cm³/mol. The number of ketones is 3. The largest absolute Gasteiger partial charge is 0.460 e. The zero-order chi connectivity index (χ0) is 47.3. The van der Waals surface area contributed by atoms with Gasteiger partial charge in [0.15, 0.2) is 5.78 Å². The lowest BCUT2D eigenvalue weighted by Crippen LogP contribution is -2.61. The van der Waals surface area contributed by atoms with E-state index in [1.807, 2.05) is 58.1 Å². The number of carbonyl (C=O) groups excluding carboxylic acids is 5. The number of esters is 1. The number of rotatable bonds is 6. The predicted octanol–water partition coefficient (Wildman–Crippen LogP) is 7.21. The number of fused-ring (bicyclic) bond motifs is 3. The SMILES string of the molecule is COC1CCCC(CC(C)C2CC(=O)C(C)/C=C(\C)C(O)C(OC)C(=O)[C@H](C)CC(C)/C=C/C=C/C=C(\C)C(OC)CC3CC[C@@H](C)C(O)(O3)C(=O)C(=O)N3CCCCC3C(=O)O2)C1. The van der Waals surface area contributed by atoms with Gasteiger partial charge < -0.3 is 38.8 Å². The molecule has 3 aliphatic heterocycles. The summed E-state index contributed by atoms with van der Waals surface area (Å²) in [6, 6.07) is -1.10. The third kappa shape index (κ3) is 14.1. The molecule has 3 fully saturated rings. The average Bonchev–Trinajstić information content (AvgIpc) is 3.27. The van der Waals surface area contributed by atoms with Gasteiger partial charge in [-0.25, -0.2) is 4.79 Å². The first-order valence-corrected chi connectivity index (χ1v) is 23.8. The summed E-state index contributed by atoms with van der Waals surface area (Å²) in [7, 11) is 4.69. The highest BCUT2D eigenvalue weighted by Crippen LogP contribution is 2.37. The summed E-state index contributed by atoms with van der Waals surface area (Å²) in [5, 5.41) is 23.4. The minimum absolute atomic E-state index is 0.0317. The molecule has 360 valence electrons. The standard InChI is InChI=1S/C51H79NO12/c1-31-17-12-11-13-18-32(2)43(61-9)29-40-23-22-37(7)51(59,64-40)48(56)49(57)52-24-15-14-21-41(52)50(58)63-44(34(4)27-38-19-16-20-39(28-38)60-8)30-42(53)33(3)26-36(6)46(55)47(62-10)45(54)35(5)25-31/h11-13,17-18,26,31,33-35,37-41,43-44,46-47,55,59H,14-16,19-25,27-30H2,1-10H3/b13-11+,17-12+,32-18+,36-26+/t31?,33?,34?,35-,37-,38?,39?,40?,41?,43?,44?,46?,47?,51?/m1/s1. The summed E-state index contributed by atoms with van der Waals surface area (Å²) in [6.45, 7) is 12.9. The van der Waals surface area contributed by atoms with Crippen LogP contribution in [0.2, 0.25) is 0 Å². The first kappa shape index (κ1) is 53.3. The number of nitrogens with zero attached hydrogens (tertiary/aromatic N) is 1. The summed E-state index contributed by atoms with van der Waals surface area (Å²) >= 11 is 0. The molecule has 0 aromatic heterocycles. The van der Waals surface area contributed by atoms with E-state index in [-0.39, 0.29) is 48.9 Å². The number of amides is 1. The van der Waals surface area contributed by atoms with Gasteiger partial charge >= 0.3 is 5.97 Å². The summed E-state index contributed by atoms with van der Waals surface area (Å²) in [4.78, 5) is 71.8. The molecule has 0 spiro atoms. The molecule has 3 heterocycles. The van der Waals surface area contributed by atoms with Crippen molar-refractivity contribution >= 4 is 29.2 Å². The maximum atomic E-state index is 14.4. The van der Waals surface area contributed by atoms with Gasteiger partial charge in [-0.15, -0.1) is 0 Å². The minimum atomic E-state index is -2.41. The summed E-state index contributed by atoms with van der Waals surface area (Å²) < 4.78 is 29.6. The Morgan fingerprint density at radius 3 is 2.27 bits per heavy atom. The second-order valence-corrected chi connectivity index (χ2v) is 19.5. The minimum Gasteiger partial charge on any atom is -0.460 e. The summed E-state index contributed by atoms with van der Waals surface area (Å²) in [6.07, 6.45) is 14.7. The van der Waals surface area contributed by atoms with Gasteiger partial charge in [0, 0.05) is 58.5 Å². The second kappa shape index (κ2) is 25.0. The van der Waals surface area contributed by atoms with E-state index in [2.05, 4.69) is 0 Å². The van der Waals surface area contributed by atoms with Crippen LogP contribution in [0.4, 0.5) is 0 Å². The molecule has 12 unspecified atom stereocenters. The van der Waals surface area contributed by atoms with Gasteiger partial charge in [-0.05, 0) is 101 Å². The molecule has 64 heavy (non-hydrogen) atoms. The summed E-state index contributed by atoms with van der Waals surface area (Å²) in [5.41, 5.74) is 1.30. The van der Waals surface area contributed by atoms with Crippen molar-refractivity contribution in [2.45, 2.75) is 180 Å². The van der Waals surface area contributed by atoms with Gasteiger partial charge in [-0.2, -0.15) is 0 Å². The molecule has 0 aromatic carbocycles. The number of carbonyl (C=O) groups is 5. The van der Waals surface area contributed by atoms with Crippen molar-refractivity contribution in [2.24, 2.45) is 35.5 Å². The lowest BCUT2D eigenvalue weighted by Gasteiger charge is -2.42. The van der Waals surface area contributed by atoms with E-state index in [1.54, 1.807) is 41.1 Å². The van der Waals surface area contributed by atoms with E-state index in [1.165, 1.54) is 12.0 Å². The van der Waals surface area contributed by atoms with E-state index in [0.29, 0.717) is 56.4 Å². The van der Waals surface area contributed by atoms with Crippen LogP contribution in [0.25, 0.3) is 0 Å². The Morgan fingerprint density at radius 1 is 0.844 bits per heavy atom. The van der Waals surface area contributed by atoms with Crippen LogP contribution in [0.15, 0.2) is 47.6 Å². The van der Waals surface area contributed by atoms with Crippen LogP contribution in [0.1, 0.15) is 132 Å². The number of hydrogen-bond acceptors (Lipinski definition) is 12. The van der Waals surface area contributed by atoms with Gasteiger partial charge in [0.2, 0.25) is 5.79 Å². The molecule has 2 bridgehead atoms. The third-order valence-electron chi connectivity index (χ3n) is 14.4. The molecule has 0 aromatic rings. The Bertz CT molecular complexity index is 1720. The zero-order valence-electron chi connectivity index (χ0n) is 40.3. The molecule has 4 aliphatic rings. The smallest absolute Gasteiger partial charge is 0.329 e. The topological polar surface area (TPSA) is 175 Å². The van der Waals surface area contributed by atoms with Gasteiger partial charge in [-0.3, -0.25) is 19.2 Å². The van der Waals surface area contributed by atoms with Crippen molar-refractivity contribution in [1.82, 2.24) is 4.90 Å². The van der Waals surface area contributed by atoms with E-state index in [0.717, 1.165) is 31.3 Å². The normalized spacial score (nSPS) is 39.7. The van der Waals surface area contributed by atoms with Crippen molar-refractivity contribution in [1.29, 1.82) is 0 Å². The van der Waals surface area contributed by atoms with Gasteiger partial charge in [0.25, 0.3) is 11.7 Å². The number of aliphatic hydroxyl groups excluding tert-OH is 1. The highest BCUT2D eigenvalue weighted by atomic mass is 16.6. The molecule has 13 nitrogen and oxygen atoms in total. The van der Waals surface area contributed by atoms with Crippen molar-refractivity contribution in [3.05, 3.63) is 47.6 Å². The fraction of sp³-hybridized carbons (Fsp3) is 0.745. The number of hydrogen-bond donors (Lipinski definition) is 2. The van der Waals surface area contributed by atoms with Crippen LogP contribution in [-0.2, 0) is 47.7 Å². The number of cyclic esters (lactones) is 1. The maximum Gasteiger partial charge on any atom is 0.329 e. The first-order valence-electron chi connectivity index (χ1n) is 23.8. The number of allylic oxidation sites excluding steroid dienone is 6. The quantitative estimate of drug-likeness (QED) is 0.156. The van der Waals surface area contributed by atoms with Crippen molar-refractivity contribution in [3.8, 4) is 0 Å². The molecule has 1 saturated carbocycles. The molecule has 1 amide bonds. The number of aliphatic hydroxyl groups is 2. The second-order valence-electron chi connectivity index (χ2n) is 19.5. The monoisotopic (exact) mass is 898 g/mol. The Balaban J connectivity index is 1.70. The number of Topliss-reactive ketones (excluding diaryl/α,β-unsaturated/α-hetero) is 3. The van der Waals surface area contributed by atoms with E-state index in [4.69, 9.17) is 23.7 Å². The molecule has 2 saturated heterocycles. The maximum absolute atomic E-state index is 14.4. The number of ether oxygens (including phenoxy) is 5. The average molecular weight is 898 g/mol. The number of piperidine rings is 1.